The van der Waals surface area contributed by atoms with E-state index in [4.69, 9.17) is 9.47 Å². The second-order valence-corrected chi connectivity index (χ2v) is 5.02. The van der Waals surface area contributed by atoms with Crippen molar-refractivity contribution >= 4 is 16.8 Å². The van der Waals surface area contributed by atoms with Gasteiger partial charge in [0, 0.05) is 22.7 Å². The van der Waals surface area contributed by atoms with Gasteiger partial charge in [-0.2, -0.15) is 0 Å². The quantitative estimate of drug-likeness (QED) is 0.688. The van der Waals surface area contributed by atoms with Crippen molar-refractivity contribution in [2.45, 2.75) is 0 Å². The highest BCUT2D eigenvalue weighted by Crippen LogP contribution is 2.18. The molecule has 1 aromatic heterocycles. The Hall–Kier alpha value is -2.95. The summed E-state index contributed by atoms with van der Waals surface area (Å²) in [7, 11) is 1.62. The molecule has 0 spiro atoms. The van der Waals surface area contributed by atoms with Crippen molar-refractivity contribution < 1.29 is 14.3 Å². The molecule has 0 aliphatic heterocycles. The standard InChI is InChI=1S/C18H18N2O3/c1-22-13-5-7-14(8-6-13)23-12-11-20-18(21)16-3-2-4-17-15(16)9-10-19-17/h2-10,19H,11-12H2,1H3,(H,20,21). The minimum absolute atomic E-state index is 0.103. The number of benzene rings is 2. The lowest BCUT2D eigenvalue weighted by Crippen LogP contribution is -2.28. The van der Waals surface area contributed by atoms with Crippen LogP contribution in [0.4, 0.5) is 0 Å². The van der Waals surface area contributed by atoms with Crippen LogP contribution in [0.5, 0.6) is 11.5 Å². The van der Waals surface area contributed by atoms with Crippen molar-refractivity contribution in [3.05, 3.63) is 60.3 Å². The van der Waals surface area contributed by atoms with Crippen LogP contribution in [0.3, 0.4) is 0 Å². The third kappa shape index (κ3) is 3.45. The molecule has 5 nitrogen and oxygen atoms in total. The molecule has 0 saturated carbocycles. The molecule has 1 amide bonds. The average Bonchev–Trinajstić information content (AvgIpc) is 3.07. The van der Waals surface area contributed by atoms with Crippen LogP contribution >= 0.6 is 0 Å². The number of H-pyrrole nitrogens is 1. The van der Waals surface area contributed by atoms with Crippen molar-refractivity contribution in [2.75, 3.05) is 20.3 Å². The predicted octanol–water partition coefficient (Wildman–Crippen LogP) is 2.99. The van der Waals surface area contributed by atoms with E-state index in [2.05, 4.69) is 10.3 Å². The molecule has 2 aromatic carbocycles. The topological polar surface area (TPSA) is 63.4 Å². The highest BCUT2D eigenvalue weighted by Gasteiger charge is 2.09. The number of carbonyl (C=O) groups is 1. The number of hydrogen-bond donors (Lipinski definition) is 2. The van der Waals surface area contributed by atoms with Gasteiger partial charge < -0.3 is 19.8 Å². The first-order valence-electron chi connectivity index (χ1n) is 7.39. The van der Waals surface area contributed by atoms with Crippen LogP contribution in [0.1, 0.15) is 10.4 Å². The predicted molar refractivity (Wildman–Crippen MR) is 89.1 cm³/mol. The van der Waals surface area contributed by atoms with E-state index in [0.29, 0.717) is 18.7 Å². The third-order valence-electron chi connectivity index (χ3n) is 3.56. The molecule has 118 valence electrons. The van der Waals surface area contributed by atoms with E-state index in [1.54, 1.807) is 7.11 Å². The summed E-state index contributed by atoms with van der Waals surface area (Å²) < 4.78 is 10.7. The largest absolute Gasteiger partial charge is 0.497 e. The molecule has 0 saturated heterocycles. The van der Waals surface area contributed by atoms with Gasteiger partial charge in [0.25, 0.3) is 5.91 Å². The SMILES string of the molecule is COc1ccc(OCCNC(=O)c2cccc3[nH]ccc23)cc1. The lowest BCUT2D eigenvalue weighted by atomic mass is 10.1. The summed E-state index contributed by atoms with van der Waals surface area (Å²) in [6, 6.07) is 14.9. The van der Waals surface area contributed by atoms with Gasteiger partial charge in [-0.1, -0.05) is 6.07 Å². The van der Waals surface area contributed by atoms with E-state index in [0.717, 1.165) is 22.4 Å². The van der Waals surface area contributed by atoms with Gasteiger partial charge >= 0.3 is 0 Å². The lowest BCUT2D eigenvalue weighted by Gasteiger charge is -2.09. The van der Waals surface area contributed by atoms with Gasteiger partial charge in [-0.05, 0) is 42.5 Å². The van der Waals surface area contributed by atoms with Gasteiger partial charge in [0.2, 0.25) is 0 Å². The molecular weight excluding hydrogens is 292 g/mol. The average molecular weight is 310 g/mol. The summed E-state index contributed by atoms with van der Waals surface area (Å²) in [4.78, 5) is 15.4. The maximum absolute atomic E-state index is 12.3. The molecule has 3 aromatic rings. The van der Waals surface area contributed by atoms with Crippen molar-refractivity contribution in [3.63, 3.8) is 0 Å². The van der Waals surface area contributed by atoms with Crippen LogP contribution in [0, 0.1) is 0 Å². The van der Waals surface area contributed by atoms with E-state index >= 15 is 0 Å². The molecule has 0 bridgehead atoms. The molecule has 23 heavy (non-hydrogen) atoms. The van der Waals surface area contributed by atoms with E-state index < -0.39 is 0 Å². The number of fused-ring (bicyclic) bond motifs is 1. The Bertz CT molecular complexity index is 793. The Balaban J connectivity index is 1.52. The first-order chi connectivity index (χ1) is 11.3. The Morgan fingerprint density at radius 2 is 1.87 bits per heavy atom. The molecule has 0 aliphatic carbocycles. The number of amides is 1. The summed E-state index contributed by atoms with van der Waals surface area (Å²) in [5, 5.41) is 3.79. The van der Waals surface area contributed by atoms with Crippen molar-refractivity contribution in [1.82, 2.24) is 10.3 Å². The highest BCUT2D eigenvalue weighted by atomic mass is 16.5. The van der Waals surface area contributed by atoms with Crippen LogP contribution in [-0.2, 0) is 0 Å². The minimum atomic E-state index is -0.103. The van der Waals surface area contributed by atoms with Crippen LogP contribution in [0.2, 0.25) is 0 Å². The van der Waals surface area contributed by atoms with Crippen LogP contribution in [0.15, 0.2) is 54.7 Å². The monoisotopic (exact) mass is 310 g/mol. The Kier molecular flexibility index (Phi) is 4.47. The fraction of sp³-hybridized carbons (Fsp3) is 0.167. The van der Waals surface area contributed by atoms with Gasteiger partial charge in [0.1, 0.15) is 18.1 Å². The highest BCUT2D eigenvalue weighted by molar-refractivity contribution is 6.06. The van der Waals surface area contributed by atoms with E-state index in [1.807, 2.05) is 54.7 Å². The first kappa shape index (κ1) is 15.0. The molecule has 1 heterocycles. The second-order valence-electron chi connectivity index (χ2n) is 5.02. The maximum Gasteiger partial charge on any atom is 0.252 e. The van der Waals surface area contributed by atoms with E-state index in [-0.39, 0.29) is 5.91 Å². The van der Waals surface area contributed by atoms with E-state index in [1.165, 1.54) is 0 Å². The number of aromatic amines is 1. The minimum Gasteiger partial charge on any atom is -0.497 e. The fourth-order valence-electron chi connectivity index (χ4n) is 2.38. The number of ether oxygens (including phenoxy) is 2. The summed E-state index contributed by atoms with van der Waals surface area (Å²) in [6.07, 6.45) is 1.83. The number of methoxy groups -OCH3 is 1. The zero-order valence-corrected chi connectivity index (χ0v) is 12.8. The number of carbonyl (C=O) groups excluding carboxylic acids is 1. The number of aromatic nitrogens is 1. The molecule has 0 atom stereocenters. The maximum atomic E-state index is 12.3. The van der Waals surface area contributed by atoms with Crippen LogP contribution in [0.25, 0.3) is 10.9 Å². The van der Waals surface area contributed by atoms with E-state index in [9.17, 15) is 4.79 Å². The molecule has 5 heteroatoms. The molecule has 3 rings (SSSR count). The van der Waals surface area contributed by atoms with Crippen LogP contribution < -0.4 is 14.8 Å². The normalized spacial score (nSPS) is 10.5. The number of hydrogen-bond acceptors (Lipinski definition) is 3. The molecule has 2 N–H and O–H groups in total. The second kappa shape index (κ2) is 6.87. The lowest BCUT2D eigenvalue weighted by molar-refractivity contribution is 0.0948. The first-order valence-corrected chi connectivity index (χ1v) is 7.39. The van der Waals surface area contributed by atoms with Gasteiger partial charge in [-0.25, -0.2) is 0 Å². The van der Waals surface area contributed by atoms with Gasteiger partial charge in [-0.15, -0.1) is 0 Å². The Morgan fingerprint density at radius 1 is 1.09 bits per heavy atom. The molecule has 0 aliphatic rings. The molecule has 0 fully saturated rings. The molecule has 0 radical (unpaired) electrons. The zero-order valence-electron chi connectivity index (χ0n) is 12.8. The summed E-state index contributed by atoms with van der Waals surface area (Å²) in [5.41, 5.74) is 1.61. The van der Waals surface area contributed by atoms with Gasteiger partial charge in [-0.3, -0.25) is 4.79 Å². The number of nitrogens with one attached hydrogen (secondary N) is 2. The third-order valence-corrected chi connectivity index (χ3v) is 3.56. The zero-order chi connectivity index (χ0) is 16.1. The van der Waals surface area contributed by atoms with Crippen molar-refractivity contribution in [1.29, 1.82) is 0 Å². The van der Waals surface area contributed by atoms with Gasteiger partial charge in [0.05, 0.1) is 13.7 Å². The van der Waals surface area contributed by atoms with Gasteiger partial charge in [0.15, 0.2) is 0 Å². The summed E-state index contributed by atoms with van der Waals surface area (Å²) in [5.74, 6) is 1.42. The smallest absolute Gasteiger partial charge is 0.252 e. The molecular formula is C18H18N2O3. The van der Waals surface area contributed by atoms with Crippen molar-refractivity contribution in [3.8, 4) is 11.5 Å². The fourth-order valence-corrected chi connectivity index (χ4v) is 2.38. The Labute approximate surface area is 134 Å². The summed E-state index contributed by atoms with van der Waals surface area (Å²) in [6.45, 7) is 0.840. The summed E-state index contributed by atoms with van der Waals surface area (Å²) >= 11 is 0. The van der Waals surface area contributed by atoms with Crippen LogP contribution in [-0.4, -0.2) is 31.2 Å². The molecule has 0 unspecified atom stereocenters. The Morgan fingerprint density at radius 3 is 2.65 bits per heavy atom. The van der Waals surface area contributed by atoms with Crippen molar-refractivity contribution in [2.24, 2.45) is 0 Å². The number of rotatable bonds is 6.